The normalized spacial score (nSPS) is 11.3. The van der Waals surface area contributed by atoms with Crippen LogP contribution in [0.5, 0.6) is 5.75 Å². The van der Waals surface area contributed by atoms with Crippen molar-refractivity contribution in [2.45, 2.75) is 129 Å². The Morgan fingerprint density at radius 3 is 1.45 bits per heavy atom. The van der Waals surface area contributed by atoms with Crippen molar-refractivity contribution in [2.75, 3.05) is 6.61 Å². The topological polar surface area (TPSA) is 34.5 Å². The molecule has 0 bridgehead atoms. The maximum Gasteiger partial charge on any atom is 0.135 e. The Morgan fingerprint density at radius 1 is 0.571 bits per heavy atom. The van der Waals surface area contributed by atoms with Crippen LogP contribution in [-0.4, -0.2) is 17.3 Å². The average molecular weight is 704 g/mol. The first-order valence-electron chi connectivity index (χ1n) is 19.1. The third-order valence-corrected chi connectivity index (χ3v) is 9.36. The van der Waals surface area contributed by atoms with Crippen molar-refractivity contribution in [3.8, 4) is 28.0 Å². The van der Waals surface area contributed by atoms with Crippen molar-refractivity contribution in [1.29, 1.82) is 0 Å². The summed E-state index contributed by atoms with van der Waals surface area (Å²) in [5.41, 5.74) is 7.31. The molecule has 1 aromatic heterocycles. The second-order valence-electron chi connectivity index (χ2n) is 13.4. The van der Waals surface area contributed by atoms with Gasteiger partial charge in [0.1, 0.15) is 5.75 Å². The number of benzene rings is 3. The quantitative estimate of drug-likeness (QED) is 0.0538. The zero-order chi connectivity index (χ0) is 33.5. The predicted octanol–water partition coefficient (Wildman–Crippen LogP) is 14.0. The summed E-state index contributed by atoms with van der Waals surface area (Å²) in [5.74, 6) is 0.942. The molecule has 3 nitrogen and oxygen atoms in total. The average Bonchev–Trinajstić information content (AvgIpc) is 3.13. The summed E-state index contributed by atoms with van der Waals surface area (Å²) < 4.78 is 6.69. The minimum atomic E-state index is 0. The Kier molecular flexibility index (Phi) is 20.4. The molecule has 265 valence electrons. The molecular formula is C45H60CoN2O. The number of rotatable bonds is 24. The molecule has 0 unspecified atom stereocenters. The van der Waals surface area contributed by atoms with E-state index in [1.54, 1.807) is 6.20 Å². The van der Waals surface area contributed by atoms with Crippen LogP contribution in [0.4, 0.5) is 5.69 Å². The largest absolute Gasteiger partial charge is 0.492 e. The van der Waals surface area contributed by atoms with Gasteiger partial charge in [0.25, 0.3) is 0 Å². The van der Waals surface area contributed by atoms with Crippen LogP contribution in [0.2, 0.25) is 0 Å². The molecular weight excluding hydrogens is 643 g/mol. The molecule has 4 aromatic rings. The molecule has 1 heterocycles. The van der Waals surface area contributed by atoms with Gasteiger partial charge in [0.15, 0.2) is 0 Å². The smallest absolute Gasteiger partial charge is 0.135 e. The van der Waals surface area contributed by atoms with Crippen LogP contribution in [0, 0.1) is 0 Å². The van der Waals surface area contributed by atoms with E-state index in [4.69, 9.17) is 9.73 Å². The zero-order valence-corrected chi connectivity index (χ0v) is 31.3. The fourth-order valence-electron chi connectivity index (χ4n) is 6.51. The number of hydrogen-bond donors (Lipinski definition) is 0. The van der Waals surface area contributed by atoms with E-state index in [0.29, 0.717) is 0 Å². The van der Waals surface area contributed by atoms with E-state index < -0.39 is 0 Å². The van der Waals surface area contributed by atoms with E-state index in [1.165, 1.54) is 109 Å². The van der Waals surface area contributed by atoms with Crippen molar-refractivity contribution in [2.24, 2.45) is 4.99 Å². The Morgan fingerprint density at radius 2 is 1.02 bits per heavy atom. The minimum absolute atomic E-state index is 0. The molecule has 0 aliphatic heterocycles. The predicted molar refractivity (Wildman–Crippen MR) is 208 cm³/mol. The SMILES string of the molecule is CCCCCCCCCCCCCCCCCCCCOc1c(-c2ccccc2)cc(N=C(C)c2cccnc2)cc1-c1ccccc1.[Co]. The zero-order valence-electron chi connectivity index (χ0n) is 30.3. The van der Waals surface area contributed by atoms with Gasteiger partial charge in [-0.15, -0.1) is 0 Å². The number of hydrogen-bond acceptors (Lipinski definition) is 3. The molecule has 4 rings (SSSR count). The first-order chi connectivity index (χ1) is 23.8. The molecule has 0 amide bonds. The number of ether oxygens (including phenoxy) is 1. The van der Waals surface area contributed by atoms with Crippen molar-refractivity contribution in [3.05, 3.63) is 103 Å². The standard InChI is InChI=1S/C45H60N2O.Co/c1-3-4-5-6-7-8-9-10-11-12-13-14-15-16-17-18-19-26-34-48-45-43(39-28-22-20-23-29-39)35-42(36-44(45)40-30-24-21-25-31-40)47-38(2)41-32-27-33-46-37-41;/h20-25,27-33,35-37H,3-19,26,34H2,1-2H3;. The molecule has 49 heavy (non-hydrogen) atoms. The van der Waals surface area contributed by atoms with Gasteiger partial charge < -0.3 is 4.74 Å². The first kappa shape index (κ1) is 40.2. The maximum atomic E-state index is 6.69. The van der Waals surface area contributed by atoms with Crippen LogP contribution in [0.25, 0.3) is 22.3 Å². The number of unbranched alkanes of at least 4 members (excludes halogenated alkanes) is 17. The summed E-state index contributed by atoms with van der Waals surface area (Å²) in [6.07, 6.45) is 28.5. The maximum absolute atomic E-state index is 6.69. The Hall–Kier alpha value is -3.21. The molecule has 3 aromatic carbocycles. The first-order valence-corrected chi connectivity index (χ1v) is 19.1. The summed E-state index contributed by atoms with van der Waals surface area (Å²) >= 11 is 0. The van der Waals surface area contributed by atoms with Gasteiger partial charge in [0.05, 0.1) is 12.3 Å². The van der Waals surface area contributed by atoms with Gasteiger partial charge in [-0.25, -0.2) is 0 Å². The Labute approximate surface area is 308 Å². The van der Waals surface area contributed by atoms with Crippen molar-refractivity contribution in [1.82, 2.24) is 4.98 Å². The summed E-state index contributed by atoms with van der Waals surface area (Å²) in [4.78, 5) is 9.34. The summed E-state index contributed by atoms with van der Waals surface area (Å²) in [6, 6.07) is 29.5. The Balaban J connectivity index is 0.00000650. The molecule has 0 saturated carbocycles. The van der Waals surface area contributed by atoms with Gasteiger partial charge in [-0.2, -0.15) is 0 Å². The summed E-state index contributed by atoms with van der Waals surface area (Å²) in [5, 5.41) is 0. The van der Waals surface area contributed by atoms with E-state index in [9.17, 15) is 0 Å². The molecule has 0 aliphatic rings. The van der Waals surface area contributed by atoms with Crippen LogP contribution < -0.4 is 4.74 Å². The van der Waals surface area contributed by atoms with Crippen molar-refractivity contribution < 1.29 is 21.5 Å². The van der Waals surface area contributed by atoms with Crippen LogP contribution >= 0.6 is 0 Å². The van der Waals surface area contributed by atoms with Gasteiger partial charge in [-0.3, -0.25) is 9.98 Å². The van der Waals surface area contributed by atoms with Crippen LogP contribution in [0.1, 0.15) is 135 Å². The van der Waals surface area contributed by atoms with Crippen LogP contribution in [0.3, 0.4) is 0 Å². The minimum Gasteiger partial charge on any atom is -0.492 e. The molecule has 0 spiro atoms. The summed E-state index contributed by atoms with van der Waals surface area (Å²) in [6.45, 7) is 5.06. The molecule has 0 fully saturated rings. The molecule has 0 saturated heterocycles. The number of pyridine rings is 1. The van der Waals surface area contributed by atoms with E-state index in [2.05, 4.69) is 90.8 Å². The molecule has 4 heteroatoms. The number of aromatic nitrogens is 1. The van der Waals surface area contributed by atoms with Gasteiger partial charge in [0.2, 0.25) is 0 Å². The summed E-state index contributed by atoms with van der Waals surface area (Å²) in [7, 11) is 0. The number of aliphatic imine (C=N–C) groups is 1. The second-order valence-corrected chi connectivity index (χ2v) is 13.4. The fraction of sp³-hybridized carbons (Fsp3) is 0.467. The van der Waals surface area contributed by atoms with Gasteiger partial charge >= 0.3 is 0 Å². The van der Waals surface area contributed by atoms with E-state index in [0.717, 1.165) is 58.0 Å². The van der Waals surface area contributed by atoms with Crippen molar-refractivity contribution in [3.63, 3.8) is 0 Å². The van der Waals surface area contributed by atoms with Crippen LogP contribution in [-0.2, 0) is 16.8 Å². The van der Waals surface area contributed by atoms with E-state index in [-0.39, 0.29) is 16.8 Å². The molecule has 0 aliphatic carbocycles. The third-order valence-electron chi connectivity index (χ3n) is 9.36. The van der Waals surface area contributed by atoms with Crippen molar-refractivity contribution >= 4 is 11.4 Å². The van der Waals surface area contributed by atoms with Gasteiger partial charge in [-0.1, -0.05) is 183 Å². The van der Waals surface area contributed by atoms with E-state index in [1.807, 2.05) is 19.2 Å². The van der Waals surface area contributed by atoms with E-state index >= 15 is 0 Å². The molecule has 0 N–H and O–H groups in total. The third kappa shape index (κ3) is 15.1. The van der Waals surface area contributed by atoms with Gasteiger partial charge in [-0.05, 0) is 42.7 Å². The molecule has 1 radical (unpaired) electrons. The fourth-order valence-corrected chi connectivity index (χ4v) is 6.51. The Bertz CT molecular complexity index is 1380. The molecule has 0 atom stereocenters. The number of nitrogens with zero attached hydrogens (tertiary/aromatic N) is 2. The second kappa shape index (κ2) is 24.8. The van der Waals surface area contributed by atoms with Crippen LogP contribution in [0.15, 0.2) is 102 Å². The van der Waals surface area contributed by atoms with Gasteiger partial charge in [0, 0.05) is 51.6 Å². The monoisotopic (exact) mass is 703 g/mol.